The van der Waals surface area contributed by atoms with E-state index in [-0.39, 0.29) is 11.9 Å². The van der Waals surface area contributed by atoms with Crippen LogP contribution in [-0.4, -0.2) is 35.6 Å². The van der Waals surface area contributed by atoms with E-state index in [2.05, 4.69) is 40.7 Å². The Morgan fingerprint density at radius 1 is 1.29 bits per heavy atom. The lowest BCUT2D eigenvalue weighted by Crippen LogP contribution is -2.52. The number of carbonyl (C=O) groups excluding carboxylic acids is 1. The number of fused-ring (bicyclic) bond motifs is 4. The molecule has 24 heavy (non-hydrogen) atoms. The molecule has 1 aromatic heterocycles. The van der Waals surface area contributed by atoms with Gasteiger partial charge in [0.05, 0.1) is 19.1 Å². The Labute approximate surface area is 142 Å². The number of methoxy groups -OCH3 is 1. The van der Waals surface area contributed by atoms with Crippen LogP contribution in [0.1, 0.15) is 43.0 Å². The van der Waals surface area contributed by atoms with Crippen molar-refractivity contribution in [3.05, 3.63) is 35.5 Å². The van der Waals surface area contributed by atoms with Gasteiger partial charge < -0.3 is 9.30 Å². The number of piperidine rings is 1. The molecule has 0 N–H and O–H groups in total. The van der Waals surface area contributed by atoms with Crippen LogP contribution in [-0.2, 0) is 16.1 Å². The molecule has 1 aromatic carbocycles. The number of nitrogens with zero attached hydrogens (tertiary/aromatic N) is 2. The molecule has 0 saturated carbocycles. The van der Waals surface area contributed by atoms with Crippen LogP contribution >= 0.6 is 0 Å². The zero-order chi connectivity index (χ0) is 16.4. The number of rotatable bonds is 2. The van der Waals surface area contributed by atoms with Crippen LogP contribution < -0.4 is 0 Å². The number of hydrogen-bond acceptors (Lipinski definition) is 3. The van der Waals surface area contributed by atoms with E-state index in [9.17, 15) is 4.79 Å². The van der Waals surface area contributed by atoms with Gasteiger partial charge in [0.25, 0.3) is 0 Å². The van der Waals surface area contributed by atoms with Gasteiger partial charge in [-0.3, -0.25) is 9.69 Å². The summed E-state index contributed by atoms with van der Waals surface area (Å²) in [7, 11) is 1.54. The van der Waals surface area contributed by atoms with Crippen molar-refractivity contribution < 1.29 is 9.53 Å². The summed E-state index contributed by atoms with van der Waals surface area (Å²) in [5.74, 6) is 0.847. The van der Waals surface area contributed by atoms with Crippen molar-refractivity contribution in [2.45, 2.75) is 38.3 Å². The normalized spacial score (nSPS) is 31.2. The third-order valence-corrected chi connectivity index (χ3v) is 6.71. The standard InChI is InChI=1S/C20H24N2O2/c1-3-12-11-21-8-9-22-15-7-5-4-6-13(15)17-18(20(23)24-2)14(12)10-16(21)19(17)22/h4-7,12,14,16,18H,3,8-11H2,1-2H3/t12-,14+,16+,18+/m0/s1. The molecule has 1 fully saturated rings. The Morgan fingerprint density at radius 3 is 2.92 bits per heavy atom. The number of para-hydroxylation sites is 1. The minimum Gasteiger partial charge on any atom is -0.469 e. The summed E-state index contributed by atoms with van der Waals surface area (Å²) in [6.07, 6.45) is 2.23. The van der Waals surface area contributed by atoms with Crippen molar-refractivity contribution >= 4 is 16.9 Å². The van der Waals surface area contributed by atoms with Crippen LogP contribution in [0.4, 0.5) is 0 Å². The van der Waals surface area contributed by atoms with E-state index in [0.717, 1.165) is 32.5 Å². The minimum atomic E-state index is -0.0994. The van der Waals surface area contributed by atoms with Crippen LogP contribution in [0, 0.1) is 11.8 Å². The molecule has 0 amide bonds. The molecule has 2 aromatic rings. The smallest absolute Gasteiger partial charge is 0.313 e. The van der Waals surface area contributed by atoms with Crippen LogP contribution in [0.15, 0.2) is 24.3 Å². The first-order valence-electron chi connectivity index (χ1n) is 9.17. The van der Waals surface area contributed by atoms with Crippen LogP contribution in [0.25, 0.3) is 10.9 Å². The van der Waals surface area contributed by atoms with E-state index in [1.165, 1.54) is 29.3 Å². The number of esters is 1. The fraction of sp³-hybridized carbons (Fsp3) is 0.550. The lowest BCUT2D eigenvalue weighted by molar-refractivity contribution is -0.146. The van der Waals surface area contributed by atoms with Gasteiger partial charge in [0.1, 0.15) is 0 Å². The Balaban J connectivity index is 1.83. The summed E-state index contributed by atoms with van der Waals surface area (Å²) in [4.78, 5) is 15.5. The molecular formula is C20H24N2O2. The minimum absolute atomic E-state index is 0.0462. The van der Waals surface area contributed by atoms with Gasteiger partial charge in [-0.25, -0.2) is 0 Å². The van der Waals surface area contributed by atoms with E-state index in [0.29, 0.717) is 17.9 Å². The van der Waals surface area contributed by atoms with E-state index < -0.39 is 0 Å². The number of ether oxygens (including phenoxy) is 1. The van der Waals surface area contributed by atoms with Crippen LogP contribution in [0.3, 0.4) is 0 Å². The van der Waals surface area contributed by atoms with Crippen LogP contribution in [0.2, 0.25) is 0 Å². The summed E-state index contributed by atoms with van der Waals surface area (Å²) < 4.78 is 7.75. The second kappa shape index (κ2) is 5.09. The Kier molecular flexibility index (Phi) is 3.08. The van der Waals surface area contributed by atoms with Gasteiger partial charge in [0.15, 0.2) is 0 Å². The monoisotopic (exact) mass is 324 g/mol. The Bertz CT molecular complexity index is 824. The van der Waals surface area contributed by atoms with Crippen molar-refractivity contribution in [3.63, 3.8) is 0 Å². The third kappa shape index (κ3) is 1.70. The summed E-state index contributed by atoms with van der Waals surface area (Å²) in [5.41, 5.74) is 3.95. The molecule has 126 valence electrons. The SMILES string of the molecule is CC[C@H]1CN2CCn3c4c(c5ccccc53)[C@H](C(=O)OC)[C@@H]1C[C@H]42. The molecule has 0 radical (unpaired) electrons. The largest absolute Gasteiger partial charge is 0.469 e. The first-order valence-corrected chi connectivity index (χ1v) is 9.17. The fourth-order valence-corrected chi connectivity index (χ4v) is 5.67. The fourth-order valence-electron chi connectivity index (χ4n) is 5.67. The molecule has 4 nitrogen and oxygen atoms in total. The first kappa shape index (κ1) is 14.5. The zero-order valence-electron chi connectivity index (χ0n) is 14.4. The molecule has 3 aliphatic rings. The number of carbonyl (C=O) groups is 1. The van der Waals surface area contributed by atoms with Crippen molar-refractivity contribution in [3.8, 4) is 0 Å². The van der Waals surface area contributed by atoms with E-state index in [1.54, 1.807) is 0 Å². The van der Waals surface area contributed by atoms with Gasteiger partial charge in [-0.05, 0) is 29.9 Å². The maximum absolute atomic E-state index is 12.8. The van der Waals surface area contributed by atoms with Crippen LogP contribution in [0.5, 0.6) is 0 Å². The third-order valence-electron chi connectivity index (χ3n) is 6.71. The van der Waals surface area contributed by atoms with Crippen molar-refractivity contribution in [1.82, 2.24) is 9.47 Å². The second-order valence-electron chi connectivity index (χ2n) is 7.55. The predicted octanol–water partition coefficient (Wildman–Crippen LogP) is 3.31. The highest BCUT2D eigenvalue weighted by Crippen LogP contribution is 2.55. The second-order valence-corrected chi connectivity index (χ2v) is 7.55. The highest BCUT2D eigenvalue weighted by Gasteiger charge is 2.51. The van der Waals surface area contributed by atoms with Gasteiger partial charge in [-0.15, -0.1) is 0 Å². The molecule has 0 spiro atoms. The van der Waals surface area contributed by atoms with Crippen molar-refractivity contribution in [2.75, 3.05) is 20.2 Å². The molecule has 5 rings (SSSR count). The van der Waals surface area contributed by atoms with Crippen molar-refractivity contribution in [1.29, 1.82) is 0 Å². The number of aromatic nitrogens is 1. The summed E-state index contributed by atoms with van der Waals surface area (Å²) in [5, 5.41) is 1.26. The van der Waals surface area contributed by atoms with Gasteiger partial charge in [0, 0.05) is 36.2 Å². The average molecular weight is 324 g/mol. The van der Waals surface area contributed by atoms with E-state index >= 15 is 0 Å². The summed E-state index contributed by atoms with van der Waals surface area (Å²) >= 11 is 0. The molecule has 2 bridgehead atoms. The quantitative estimate of drug-likeness (QED) is 0.795. The highest BCUT2D eigenvalue weighted by atomic mass is 16.5. The molecule has 1 aliphatic carbocycles. The molecule has 2 aliphatic heterocycles. The highest BCUT2D eigenvalue weighted by molar-refractivity contribution is 5.93. The molecule has 1 saturated heterocycles. The maximum atomic E-state index is 12.8. The van der Waals surface area contributed by atoms with Gasteiger partial charge >= 0.3 is 5.97 Å². The molecule has 3 heterocycles. The van der Waals surface area contributed by atoms with E-state index in [4.69, 9.17) is 4.74 Å². The predicted molar refractivity (Wildman–Crippen MR) is 92.9 cm³/mol. The lowest BCUT2D eigenvalue weighted by Gasteiger charge is -2.52. The Morgan fingerprint density at radius 2 is 2.12 bits per heavy atom. The first-order chi connectivity index (χ1) is 11.7. The average Bonchev–Trinajstić information content (AvgIpc) is 2.96. The van der Waals surface area contributed by atoms with Gasteiger partial charge in [0.2, 0.25) is 0 Å². The van der Waals surface area contributed by atoms with Gasteiger partial charge in [-0.2, -0.15) is 0 Å². The Hall–Kier alpha value is -1.81. The van der Waals surface area contributed by atoms with Gasteiger partial charge in [-0.1, -0.05) is 31.5 Å². The number of benzene rings is 1. The maximum Gasteiger partial charge on any atom is 0.313 e. The summed E-state index contributed by atoms with van der Waals surface area (Å²) in [6, 6.07) is 9.09. The molecular weight excluding hydrogens is 300 g/mol. The number of hydrogen-bond donors (Lipinski definition) is 0. The molecule has 4 heteroatoms. The molecule has 4 atom stereocenters. The van der Waals surface area contributed by atoms with E-state index in [1.807, 2.05) is 0 Å². The topological polar surface area (TPSA) is 34.5 Å². The van der Waals surface area contributed by atoms with Crippen molar-refractivity contribution in [2.24, 2.45) is 11.8 Å². The lowest BCUT2D eigenvalue weighted by atomic mass is 9.65. The zero-order valence-corrected chi connectivity index (χ0v) is 14.4. The molecule has 0 unspecified atom stereocenters. The summed E-state index contributed by atoms with van der Waals surface area (Å²) in [6.45, 7) is 5.55.